The fraction of sp³-hybridized carbons (Fsp3) is 0.636. The van der Waals surface area contributed by atoms with Gasteiger partial charge in [-0.15, -0.1) is 0 Å². The summed E-state index contributed by atoms with van der Waals surface area (Å²) in [5.41, 5.74) is 0.915. The summed E-state index contributed by atoms with van der Waals surface area (Å²) in [6.07, 6.45) is 7.43. The second-order valence-electron chi connectivity index (χ2n) is 4.66. The standard InChI is InChI=1S/C11H16BrN3O2S/c1-18(16,17)15-4-2-3-9(8-15)5-10-6-14-11(12)7-13-10/h6-7,9H,2-5,8H2,1H3/t9-/m1/s1. The number of rotatable bonds is 3. The summed E-state index contributed by atoms with van der Waals surface area (Å²) in [6, 6.07) is 0. The Bertz CT molecular complexity index is 504. The Morgan fingerprint density at radius 3 is 2.83 bits per heavy atom. The number of halogens is 1. The highest BCUT2D eigenvalue weighted by Gasteiger charge is 2.26. The molecular weight excluding hydrogens is 318 g/mol. The third kappa shape index (κ3) is 3.73. The van der Waals surface area contributed by atoms with Crippen molar-refractivity contribution in [3.63, 3.8) is 0 Å². The zero-order valence-electron chi connectivity index (χ0n) is 10.2. The predicted octanol–water partition coefficient (Wildman–Crippen LogP) is 1.45. The first-order valence-electron chi connectivity index (χ1n) is 5.86. The molecule has 1 aliphatic heterocycles. The van der Waals surface area contributed by atoms with E-state index in [9.17, 15) is 8.42 Å². The molecule has 0 aliphatic carbocycles. The highest BCUT2D eigenvalue weighted by molar-refractivity contribution is 9.10. The molecule has 1 aromatic rings. The quantitative estimate of drug-likeness (QED) is 0.839. The summed E-state index contributed by atoms with van der Waals surface area (Å²) in [5, 5.41) is 0. The van der Waals surface area contributed by atoms with Crippen LogP contribution in [0.3, 0.4) is 0 Å². The molecule has 0 radical (unpaired) electrons. The summed E-state index contributed by atoms with van der Waals surface area (Å²) >= 11 is 3.25. The predicted molar refractivity (Wildman–Crippen MR) is 72.6 cm³/mol. The average Bonchev–Trinajstić information content (AvgIpc) is 2.31. The Labute approximate surface area is 116 Å². The molecule has 0 unspecified atom stereocenters. The van der Waals surface area contributed by atoms with E-state index in [1.54, 1.807) is 16.7 Å². The lowest BCUT2D eigenvalue weighted by atomic mass is 9.95. The largest absolute Gasteiger partial charge is 0.257 e. The molecule has 5 nitrogen and oxygen atoms in total. The Morgan fingerprint density at radius 2 is 2.22 bits per heavy atom. The maximum atomic E-state index is 11.5. The zero-order valence-corrected chi connectivity index (χ0v) is 12.6. The minimum absolute atomic E-state index is 0.337. The molecule has 1 aromatic heterocycles. The molecule has 1 saturated heterocycles. The van der Waals surface area contributed by atoms with Crippen LogP contribution in [0, 0.1) is 5.92 Å². The first-order chi connectivity index (χ1) is 8.45. The number of aromatic nitrogens is 2. The van der Waals surface area contributed by atoms with Gasteiger partial charge >= 0.3 is 0 Å². The molecule has 18 heavy (non-hydrogen) atoms. The van der Waals surface area contributed by atoms with Gasteiger partial charge in [0.05, 0.1) is 18.1 Å². The first-order valence-corrected chi connectivity index (χ1v) is 8.51. The molecule has 1 atom stereocenters. The maximum Gasteiger partial charge on any atom is 0.211 e. The van der Waals surface area contributed by atoms with Gasteiger partial charge in [0.1, 0.15) is 4.60 Å². The summed E-state index contributed by atoms with van der Waals surface area (Å²) in [6.45, 7) is 1.23. The van der Waals surface area contributed by atoms with E-state index >= 15 is 0 Å². The minimum atomic E-state index is -3.07. The SMILES string of the molecule is CS(=O)(=O)N1CCC[C@H](Cc2cnc(Br)cn2)C1. The van der Waals surface area contributed by atoms with Crippen LogP contribution in [0.25, 0.3) is 0 Å². The van der Waals surface area contributed by atoms with Crippen LogP contribution in [0.2, 0.25) is 0 Å². The number of hydrogen-bond acceptors (Lipinski definition) is 4. The van der Waals surface area contributed by atoms with Crippen molar-refractivity contribution >= 4 is 26.0 Å². The van der Waals surface area contributed by atoms with Gasteiger partial charge in [-0.05, 0) is 41.1 Å². The van der Waals surface area contributed by atoms with E-state index in [0.717, 1.165) is 25.0 Å². The van der Waals surface area contributed by atoms with Crippen LogP contribution in [-0.4, -0.2) is 42.0 Å². The fourth-order valence-electron chi connectivity index (χ4n) is 2.23. The highest BCUT2D eigenvalue weighted by atomic mass is 79.9. The second kappa shape index (κ2) is 5.63. The van der Waals surface area contributed by atoms with Gasteiger partial charge in [0.25, 0.3) is 0 Å². The number of hydrogen-bond donors (Lipinski definition) is 0. The van der Waals surface area contributed by atoms with Crippen LogP contribution < -0.4 is 0 Å². The molecule has 2 rings (SSSR count). The lowest BCUT2D eigenvalue weighted by molar-refractivity contribution is 0.265. The Kier molecular flexibility index (Phi) is 4.34. The van der Waals surface area contributed by atoms with Gasteiger partial charge in [0.15, 0.2) is 0 Å². The molecule has 0 aromatic carbocycles. The van der Waals surface area contributed by atoms with Crippen molar-refractivity contribution in [2.24, 2.45) is 5.92 Å². The van der Waals surface area contributed by atoms with E-state index < -0.39 is 10.0 Å². The van der Waals surface area contributed by atoms with E-state index in [1.165, 1.54) is 6.26 Å². The molecule has 0 bridgehead atoms. The molecule has 0 N–H and O–H groups in total. The van der Waals surface area contributed by atoms with Gasteiger partial charge in [-0.1, -0.05) is 0 Å². The van der Waals surface area contributed by atoms with Crippen LogP contribution in [0.4, 0.5) is 0 Å². The highest BCUT2D eigenvalue weighted by Crippen LogP contribution is 2.21. The fourth-order valence-corrected chi connectivity index (χ4v) is 3.38. The van der Waals surface area contributed by atoms with Crippen molar-refractivity contribution in [3.8, 4) is 0 Å². The third-order valence-electron chi connectivity index (χ3n) is 3.12. The molecule has 100 valence electrons. The van der Waals surface area contributed by atoms with E-state index in [0.29, 0.717) is 23.6 Å². The Balaban J connectivity index is 2.00. The van der Waals surface area contributed by atoms with Crippen molar-refractivity contribution < 1.29 is 8.42 Å². The van der Waals surface area contributed by atoms with Crippen LogP contribution in [0.5, 0.6) is 0 Å². The summed E-state index contributed by atoms with van der Waals surface area (Å²) in [4.78, 5) is 8.42. The summed E-state index contributed by atoms with van der Waals surface area (Å²) in [5.74, 6) is 0.337. The molecule has 0 saturated carbocycles. The maximum absolute atomic E-state index is 11.5. The van der Waals surface area contributed by atoms with Gasteiger partial charge in [-0.25, -0.2) is 17.7 Å². The summed E-state index contributed by atoms with van der Waals surface area (Å²) < 4.78 is 25.3. The van der Waals surface area contributed by atoms with Gasteiger partial charge in [0, 0.05) is 19.3 Å². The second-order valence-corrected chi connectivity index (χ2v) is 7.46. The molecule has 1 fully saturated rings. The monoisotopic (exact) mass is 333 g/mol. The van der Waals surface area contributed by atoms with Crippen LogP contribution in [0.1, 0.15) is 18.5 Å². The van der Waals surface area contributed by atoms with Gasteiger partial charge in [0.2, 0.25) is 10.0 Å². The van der Waals surface area contributed by atoms with Crippen molar-refractivity contribution in [2.45, 2.75) is 19.3 Å². The van der Waals surface area contributed by atoms with Gasteiger partial charge < -0.3 is 0 Å². The van der Waals surface area contributed by atoms with Crippen molar-refractivity contribution in [2.75, 3.05) is 19.3 Å². The summed E-state index contributed by atoms with van der Waals surface area (Å²) in [7, 11) is -3.07. The Hall–Kier alpha value is -0.530. The lowest BCUT2D eigenvalue weighted by Gasteiger charge is -2.30. The topological polar surface area (TPSA) is 63.2 Å². The molecule has 7 heteroatoms. The third-order valence-corrected chi connectivity index (χ3v) is 4.80. The first kappa shape index (κ1) is 13.9. The van der Waals surface area contributed by atoms with E-state index in [1.807, 2.05) is 0 Å². The van der Waals surface area contributed by atoms with Crippen LogP contribution in [0.15, 0.2) is 17.0 Å². The molecule has 0 spiro atoms. The number of piperidine rings is 1. The van der Waals surface area contributed by atoms with E-state index in [4.69, 9.17) is 0 Å². The molecule has 0 amide bonds. The van der Waals surface area contributed by atoms with E-state index in [2.05, 4.69) is 25.9 Å². The minimum Gasteiger partial charge on any atom is -0.257 e. The van der Waals surface area contributed by atoms with Gasteiger partial charge in [-0.2, -0.15) is 0 Å². The molecular formula is C11H16BrN3O2S. The lowest BCUT2D eigenvalue weighted by Crippen LogP contribution is -2.39. The average molecular weight is 334 g/mol. The van der Waals surface area contributed by atoms with Crippen LogP contribution in [-0.2, 0) is 16.4 Å². The smallest absolute Gasteiger partial charge is 0.211 e. The molecule has 1 aliphatic rings. The molecule has 2 heterocycles. The van der Waals surface area contributed by atoms with Crippen LogP contribution >= 0.6 is 15.9 Å². The number of nitrogens with zero attached hydrogens (tertiary/aromatic N) is 3. The van der Waals surface area contributed by atoms with Crippen molar-refractivity contribution in [1.29, 1.82) is 0 Å². The van der Waals surface area contributed by atoms with Gasteiger partial charge in [-0.3, -0.25) is 4.98 Å². The van der Waals surface area contributed by atoms with Crippen molar-refractivity contribution in [1.82, 2.24) is 14.3 Å². The van der Waals surface area contributed by atoms with E-state index in [-0.39, 0.29) is 0 Å². The number of sulfonamides is 1. The zero-order chi connectivity index (χ0) is 13.2. The van der Waals surface area contributed by atoms with Crippen molar-refractivity contribution in [3.05, 3.63) is 22.7 Å². The normalized spacial score (nSPS) is 22.0. The Morgan fingerprint density at radius 1 is 1.44 bits per heavy atom.